The Morgan fingerprint density at radius 3 is 2.48 bits per heavy atom. The maximum Gasteiger partial charge on any atom is 0.573 e. The summed E-state index contributed by atoms with van der Waals surface area (Å²) in [5.41, 5.74) is 0.668. The number of carbonyl (C=O) groups excluding carboxylic acids is 1. The molecule has 0 saturated heterocycles. The van der Waals surface area contributed by atoms with E-state index in [-0.39, 0.29) is 30.4 Å². The van der Waals surface area contributed by atoms with E-state index in [0.717, 1.165) is 4.68 Å². The summed E-state index contributed by atoms with van der Waals surface area (Å²) in [6.45, 7) is -0.317. The first-order valence-corrected chi connectivity index (χ1v) is 7.11. The highest BCUT2D eigenvalue weighted by Crippen LogP contribution is 2.23. The molecule has 134 valence electrons. The molecule has 0 fully saturated rings. The number of halogens is 3. The zero-order chi connectivity index (χ0) is 18.4. The van der Waals surface area contributed by atoms with Crippen LogP contribution in [-0.2, 0) is 22.6 Å². The summed E-state index contributed by atoms with van der Waals surface area (Å²) < 4.78 is 41.1. The minimum absolute atomic E-state index is 0.0886. The van der Waals surface area contributed by atoms with Gasteiger partial charge >= 0.3 is 12.3 Å². The Labute approximate surface area is 140 Å². The van der Waals surface area contributed by atoms with Crippen molar-refractivity contribution in [3.63, 3.8) is 0 Å². The van der Waals surface area contributed by atoms with Gasteiger partial charge < -0.3 is 15.2 Å². The molecule has 2 N–H and O–H groups in total. The van der Waals surface area contributed by atoms with Gasteiger partial charge in [0.1, 0.15) is 12.3 Å². The van der Waals surface area contributed by atoms with Gasteiger partial charge in [0.25, 0.3) is 0 Å². The van der Waals surface area contributed by atoms with Crippen molar-refractivity contribution in [1.82, 2.24) is 9.78 Å². The molecule has 25 heavy (non-hydrogen) atoms. The lowest BCUT2D eigenvalue weighted by atomic mass is 10.1. The number of aliphatic carboxylic acids is 1. The van der Waals surface area contributed by atoms with Crippen LogP contribution in [0.5, 0.6) is 5.75 Å². The van der Waals surface area contributed by atoms with E-state index in [4.69, 9.17) is 5.11 Å². The first kappa shape index (κ1) is 18.3. The van der Waals surface area contributed by atoms with Crippen LogP contribution < -0.4 is 10.1 Å². The highest BCUT2D eigenvalue weighted by molar-refractivity contribution is 5.89. The van der Waals surface area contributed by atoms with Crippen molar-refractivity contribution in [2.24, 2.45) is 0 Å². The van der Waals surface area contributed by atoms with Crippen molar-refractivity contribution >= 4 is 17.7 Å². The van der Waals surface area contributed by atoms with Crippen LogP contribution in [0.15, 0.2) is 36.5 Å². The lowest BCUT2D eigenvalue weighted by Gasteiger charge is -2.09. The largest absolute Gasteiger partial charge is 0.573 e. The molecule has 0 unspecified atom stereocenters. The summed E-state index contributed by atoms with van der Waals surface area (Å²) >= 11 is 0. The van der Waals surface area contributed by atoms with E-state index in [1.807, 2.05) is 0 Å². The Hall–Kier alpha value is -3.04. The number of aromatic nitrogens is 2. The molecule has 10 heteroatoms. The fourth-order valence-electron chi connectivity index (χ4n) is 1.98. The van der Waals surface area contributed by atoms with Gasteiger partial charge in [-0.3, -0.25) is 14.3 Å². The Morgan fingerprint density at radius 1 is 1.20 bits per heavy atom. The van der Waals surface area contributed by atoms with Crippen LogP contribution >= 0.6 is 0 Å². The van der Waals surface area contributed by atoms with E-state index in [1.165, 1.54) is 36.5 Å². The van der Waals surface area contributed by atoms with Crippen molar-refractivity contribution in [3.05, 3.63) is 42.1 Å². The van der Waals surface area contributed by atoms with Crippen LogP contribution in [-0.4, -0.2) is 33.1 Å². The van der Waals surface area contributed by atoms with Gasteiger partial charge in [-0.25, -0.2) is 0 Å². The number of hydrogen-bond donors (Lipinski definition) is 2. The third-order valence-corrected chi connectivity index (χ3v) is 3.00. The Balaban J connectivity index is 1.81. The summed E-state index contributed by atoms with van der Waals surface area (Å²) in [6, 6.07) is 6.69. The fourth-order valence-corrected chi connectivity index (χ4v) is 1.98. The first-order valence-electron chi connectivity index (χ1n) is 7.11. The minimum atomic E-state index is -4.74. The fraction of sp³-hybridized carbons (Fsp3) is 0.267. The van der Waals surface area contributed by atoms with E-state index in [2.05, 4.69) is 15.2 Å². The molecule has 1 aromatic heterocycles. The third-order valence-electron chi connectivity index (χ3n) is 3.00. The molecule has 0 atom stereocenters. The van der Waals surface area contributed by atoms with Crippen molar-refractivity contribution in [1.29, 1.82) is 0 Å². The van der Waals surface area contributed by atoms with Crippen molar-refractivity contribution in [2.45, 2.75) is 25.7 Å². The number of carboxylic acid groups (broad SMARTS) is 1. The Kier molecular flexibility index (Phi) is 5.63. The number of ether oxygens (including phenoxy) is 1. The smallest absolute Gasteiger partial charge is 0.480 e. The van der Waals surface area contributed by atoms with E-state index < -0.39 is 12.3 Å². The molecule has 0 aliphatic rings. The molecular formula is C15H14F3N3O4. The lowest BCUT2D eigenvalue weighted by molar-refractivity contribution is -0.274. The van der Waals surface area contributed by atoms with Gasteiger partial charge in [-0.05, 0) is 24.1 Å². The summed E-state index contributed by atoms with van der Waals surface area (Å²) in [5, 5.41) is 15.0. The number of alkyl halides is 3. The number of nitrogens with one attached hydrogen (secondary N) is 1. The van der Waals surface area contributed by atoms with Crippen LogP contribution in [0.25, 0.3) is 0 Å². The van der Waals surface area contributed by atoms with Gasteiger partial charge in [0.05, 0.1) is 0 Å². The van der Waals surface area contributed by atoms with E-state index in [9.17, 15) is 22.8 Å². The predicted molar refractivity (Wildman–Crippen MR) is 79.9 cm³/mol. The molecule has 0 bridgehead atoms. The van der Waals surface area contributed by atoms with Crippen LogP contribution in [0.4, 0.5) is 19.0 Å². The Morgan fingerprint density at radius 2 is 1.88 bits per heavy atom. The number of hydrogen-bond acceptors (Lipinski definition) is 4. The third kappa shape index (κ3) is 6.53. The molecule has 1 heterocycles. The van der Waals surface area contributed by atoms with Gasteiger partial charge in [0.15, 0.2) is 5.82 Å². The number of aryl methyl sites for hydroxylation is 1. The quantitative estimate of drug-likeness (QED) is 0.794. The average Bonchev–Trinajstić information content (AvgIpc) is 2.91. The molecular weight excluding hydrogens is 343 g/mol. The van der Waals surface area contributed by atoms with Crippen LogP contribution in [0, 0.1) is 0 Å². The molecule has 7 nitrogen and oxygen atoms in total. The molecule has 0 spiro atoms. The number of anilines is 1. The van der Waals surface area contributed by atoms with Gasteiger partial charge in [0.2, 0.25) is 5.91 Å². The van der Waals surface area contributed by atoms with Gasteiger partial charge in [0, 0.05) is 18.7 Å². The second-order valence-corrected chi connectivity index (χ2v) is 5.03. The molecule has 1 amide bonds. The normalized spacial score (nSPS) is 11.2. The zero-order valence-electron chi connectivity index (χ0n) is 12.8. The van der Waals surface area contributed by atoms with E-state index in [0.29, 0.717) is 12.0 Å². The SMILES string of the molecule is O=C(O)Cn1ccc(NC(=O)CCc2ccc(OC(F)(F)F)cc2)n1. The number of amides is 1. The minimum Gasteiger partial charge on any atom is -0.480 e. The van der Waals surface area contributed by atoms with Crippen LogP contribution in [0.1, 0.15) is 12.0 Å². The first-order chi connectivity index (χ1) is 11.7. The van der Waals surface area contributed by atoms with Crippen molar-refractivity contribution < 1.29 is 32.6 Å². The standard InChI is InChI=1S/C15H14F3N3O4/c16-15(17,18)25-11-4-1-10(2-5-11)3-6-13(22)19-12-7-8-21(20-12)9-14(23)24/h1-2,4-5,7-8H,3,6,9H2,(H,23,24)(H,19,20,22). The molecule has 0 saturated carbocycles. The Bertz CT molecular complexity index is 741. The molecule has 0 aliphatic carbocycles. The maximum absolute atomic E-state index is 12.1. The van der Waals surface area contributed by atoms with Gasteiger partial charge in [-0.15, -0.1) is 13.2 Å². The van der Waals surface area contributed by atoms with Crippen molar-refractivity contribution in [2.75, 3.05) is 5.32 Å². The summed E-state index contributed by atoms with van der Waals surface area (Å²) in [7, 11) is 0. The highest BCUT2D eigenvalue weighted by atomic mass is 19.4. The van der Waals surface area contributed by atoms with Gasteiger partial charge in [-0.1, -0.05) is 12.1 Å². The second-order valence-electron chi connectivity index (χ2n) is 5.03. The highest BCUT2D eigenvalue weighted by Gasteiger charge is 2.30. The van der Waals surface area contributed by atoms with Crippen LogP contribution in [0.2, 0.25) is 0 Å². The zero-order valence-corrected chi connectivity index (χ0v) is 12.8. The van der Waals surface area contributed by atoms with E-state index in [1.54, 1.807) is 0 Å². The number of carboxylic acids is 1. The summed E-state index contributed by atoms with van der Waals surface area (Å²) in [5.74, 6) is -1.51. The second kappa shape index (κ2) is 7.69. The molecule has 2 aromatic rings. The van der Waals surface area contributed by atoms with Crippen molar-refractivity contribution in [3.8, 4) is 5.75 Å². The average molecular weight is 357 g/mol. The molecule has 0 radical (unpaired) electrons. The number of carbonyl (C=O) groups is 2. The molecule has 2 rings (SSSR count). The summed E-state index contributed by atoms with van der Waals surface area (Å²) in [4.78, 5) is 22.4. The maximum atomic E-state index is 12.1. The van der Waals surface area contributed by atoms with Gasteiger partial charge in [-0.2, -0.15) is 5.10 Å². The monoisotopic (exact) mass is 357 g/mol. The number of benzene rings is 1. The lowest BCUT2D eigenvalue weighted by Crippen LogP contribution is -2.17. The summed E-state index contributed by atoms with van der Waals surface area (Å²) in [6.07, 6.45) is -2.92. The molecule has 0 aliphatic heterocycles. The number of nitrogens with zero attached hydrogens (tertiary/aromatic N) is 2. The van der Waals surface area contributed by atoms with Crippen LogP contribution in [0.3, 0.4) is 0 Å². The predicted octanol–water partition coefficient (Wildman–Crippen LogP) is 2.44. The van der Waals surface area contributed by atoms with E-state index >= 15 is 0 Å². The molecule has 1 aromatic carbocycles. The number of rotatable bonds is 7. The topological polar surface area (TPSA) is 93.5 Å².